The number of nitrogens with zero attached hydrogens (tertiary/aromatic N) is 1. The Bertz CT molecular complexity index is 1620. The van der Waals surface area contributed by atoms with E-state index in [1.54, 1.807) is 0 Å². The number of fused-ring (bicyclic) bond motifs is 3. The summed E-state index contributed by atoms with van der Waals surface area (Å²) in [6.07, 6.45) is 0. The summed E-state index contributed by atoms with van der Waals surface area (Å²) in [6, 6.07) is 43.1. The van der Waals surface area contributed by atoms with E-state index in [4.69, 9.17) is 0 Å². The van der Waals surface area contributed by atoms with E-state index in [0.717, 1.165) is 43.4 Å². The van der Waals surface area contributed by atoms with Crippen molar-refractivity contribution in [2.45, 2.75) is 6.92 Å². The van der Waals surface area contributed by atoms with Gasteiger partial charge in [-0.05, 0) is 43.3 Å². The van der Waals surface area contributed by atoms with Gasteiger partial charge in [-0.25, -0.2) is 0 Å². The quantitative estimate of drug-likeness (QED) is 0.269. The second kappa shape index (κ2) is 8.17. The van der Waals surface area contributed by atoms with Gasteiger partial charge < -0.3 is 9.13 Å². The molecule has 0 fully saturated rings. The van der Waals surface area contributed by atoms with Crippen molar-refractivity contribution in [2.75, 3.05) is 0 Å². The monoisotopic (exact) mass is 457 g/mol. The lowest BCUT2D eigenvalue weighted by Gasteiger charge is -2.20. The van der Waals surface area contributed by atoms with Gasteiger partial charge >= 0.3 is 0 Å². The summed E-state index contributed by atoms with van der Waals surface area (Å²) in [5.74, 6) is 0. The number of aromatic nitrogens is 1. The Morgan fingerprint density at radius 3 is 1.74 bits per heavy atom. The van der Waals surface area contributed by atoms with E-state index in [1.165, 1.54) is 5.56 Å². The lowest BCUT2D eigenvalue weighted by atomic mass is 10.1. The highest BCUT2D eigenvalue weighted by Crippen LogP contribution is 2.44. The SMILES string of the molecule is Cc1ccc(-n2c3ccccc3c3cc(P(=O)(c4ccccc4)c4ccccc4)ccc32)cc1. The third-order valence-electron chi connectivity index (χ3n) is 6.55. The topological polar surface area (TPSA) is 22.0 Å². The first-order chi connectivity index (χ1) is 16.7. The van der Waals surface area contributed by atoms with Crippen molar-refractivity contribution in [3.63, 3.8) is 0 Å². The highest BCUT2D eigenvalue weighted by atomic mass is 31.2. The summed E-state index contributed by atoms with van der Waals surface area (Å²) < 4.78 is 17.2. The Balaban J connectivity index is 1.66. The normalized spacial score (nSPS) is 11.8. The zero-order chi connectivity index (χ0) is 23.1. The van der Waals surface area contributed by atoms with Gasteiger partial charge in [0.15, 0.2) is 7.14 Å². The molecule has 164 valence electrons. The maximum atomic E-state index is 14.9. The molecule has 0 amide bonds. The van der Waals surface area contributed by atoms with Crippen LogP contribution in [0, 0.1) is 6.92 Å². The molecule has 0 unspecified atom stereocenters. The molecule has 0 atom stereocenters. The Labute approximate surface area is 199 Å². The van der Waals surface area contributed by atoms with Gasteiger partial charge in [0.1, 0.15) is 0 Å². The van der Waals surface area contributed by atoms with Crippen molar-refractivity contribution >= 4 is 44.9 Å². The number of para-hydroxylation sites is 1. The average Bonchev–Trinajstić information content (AvgIpc) is 3.23. The second-order valence-corrected chi connectivity index (χ2v) is 11.4. The minimum Gasteiger partial charge on any atom is -0.309 e. The van der Waals surface area contributed by atoms with Crippen molar-refractivity contribution in [3.05, 3.63) is 133 Å². The van der Waals surface area contributed by atoms with E-state index < -0.39 is 7.14 Å². The third-order valence-corrected chi connectivity index (χ3v) is 9.61. The highest BCUT2D eigenvalue weighted by Gasteiger charge is 2.30. The molecule has 5 aromatic carbocycles. The van der Waals surface area contributed by atoms with Crippen LogP contribution in [0.4, 0.5) is 0 Å². The lowest BCUT2D eigenvalue weighted by molar-refractivity contribution is 0.592. The number of hydrogen-bond acceptors (Lipinski definition) is 1. The zero-order valence-electron chi connectivity index (χ0n) is 18.9. The van der Waals surface area contributed by atoms with Crippen LogP contribution < -0.4 is 15.9 Å². The third kappa shape index (κ3) is 3.22. The molecule has 0 aliphatic carbocycles. The molecule has 1 aromatic heterocycles. The predicted molar refractivity (Wildman–Crippen MR) is 145 cm³/mol. The molecule has 6 rings (SSSR count). The number of benzene rings is 5. The second-order valence-electron chi connectivity index (χ2n) is 8.67. The van der Waals surface area contributed by atoms with Gasteiger partial charge in [0.2, 0.25) is 0 Å². The molecule has 0 saturated heterocycles. The van der Waals surface area contributed by atoms with Gasteiger partial charge in [0.05, 0.1) is 11.0 Å². The van der Waals surface area contributed by atoms with Gasteiger partial charge in [-0.15, -0.1) is 0 Å². The van der Waals surface area contributed by atoms with Crippen molar-refractivity contribution in [1.29, 1.82) is 0 Å². The van der Waals surface area contributed by atoms with Crippen LogP contribution >= 0.6 is 7.14 Å². The molecular weight excluding hydrogens is 433 g/mol. The Morgan fingerprint density at radius 1 is 0.529 bits per heavy atom. The van der Waals surface area contributed by atoms with Crippen LogP contribution in [0.3, 0.4) is 0 Å². The van der Waals surface area contributed by atoms with E-state index in [0.29, 0.717) is 0 Å². The van der Waals surface area contributed by atoms with Crippen LogP contribution in [-0.4, -0.2) is 4.57 Å². The van der Waals surface area contributed by atoms with Gasteiger partial charge in [0.25, 0.3) is 0 Å². The predicted octanol–water partition coefficient (Wildman–Crippen LogP) is 6.73. The molecule has 6 aromatic rings. The first-order valence-corrected chi connectivity index (χ1v) is 13.2. The molecule has 0 spiro atoms. The minimum atomic E-state index is -3.04. The standard InChI is InChI=1S/C31H24NOP/c1-23-16-18-24(19-17-23)32-30-15-9-8-14-28(30)29-22-27(20-21-31(29)32)34(33,25-10-4-2-5-11-25)26-12-6-3-7-13-26/h2-22H,1H3. The Kier molecular flexibility index (Phi) is 4.98. The molecule has 34 heavy (non-hydrogen) atoms. The molecule has 0 aliphatic rings. The Morgan fingerprint density at radius 2 is 1.09 bits per heavy atom. The minimum absolute atomic E-state index is 0.850. The van der Waals surface area contributed by atoms with E-state index in [2.05, 4.69) is 72.2 Å². The lowest BCUT2D eigenvalue weighted by Crippen LogP contribution is -2.24. The molecule has 0 saturated carbocycles. The van der Waals surface area contributed by atoms with Gasteiger partial charge in [-0.1, -0.05) is 96.6 Å². The fourth-order valence-electron chi connectivity index (χ4n) is 4.85. The van der Waals surface area contributed by atoms with Gasteiger partial charge in [0, 0.05) is 32.4 Å². The van der Waals surface area contributed by atoms with E-state index in [1.807, 2.05) is 66.7 Å². The molecule has 0 N–H and O–H groups in total. The number of rotatable bonds is 4. The first kappa shape index (κ1) is 20.7. The summed E-state index contributed by atoms with van der Waals surface area (Å²) in [7, 11) is -3.04. The zero-order valence-corrected chi connectivity index (χ0v) is 19.8. The summed E-state index contributed by atoms with van der Waals surface area (Å²) in [6.45, 7) is 2.10. The van der Waals surface area contributed by atoms with Crippen LogP contribution in [0.1, 0.15) is 5.56 Å². The van der Waals surface area contributed by atoms with E-state index in [9.17, 15) is 4.57 Å². The molecule has 2 nitrogen and oxygen atoms in total. The van der Waals surface area contributed by atoms with Crippen molar-refractivity contribution in [1.82, 2.24) is 4.57 Å². The van der Waals surface area contributed by atoms with Crippen LogP contribution in [0.5, 0.6) is 0 Å². The molecule has 0 radical (unpaired) electrons. The Hall–Kier alpha value is -3.87. The fourth-order valence-corrected chi connectivity index (χ4v) is 7.53. The van der Waals surface area contributed by atoms with Gasteiger partial charge in [-0.2, -0.15) is 0 Å². The van der Waals surface area contributed by atoms with Crippen LogP contribution in [0.2, 0.25) is 0 Å². The number of hydrogen-bond donors (Lipinski definition) is 0. The fraction of sp³-hybridized carbons (Fsp3) is 0.0323. The number of aryl methyl sites for hydroxylation is 1. The summed E-state index contributed by atoms with van der Waals surface area (Å²) in [5.41, 5.74) is 4.62. The van der Waals surface area contributed by atoms with Crippen LogP contribution in [-0.2, 0) is 4.57 Å². The highest BCUT2D eigenvalue weighted by molar-refractivity contribution is 7.85. The summed E-state index contributed by atoms with van der Waals surface area (Å²) in [4.78, 5) is 0. The molecule has 1 heterocycles. The maximum absolute atomic E-state index is 14.9. The van der Waals surface area contributed by atoms with Crippen molar-refractivity contribution in [2.24, 2.45) is 0 Å². The van der Waals surface area contributed by atoms with E-state index in [-0.39, 0.29) is 0 Å². The molecule has 3 heteroatoms. The largest absolute Gasteiger partial charge is 0.309 e. The molecule has 0 aliphatic heterocycles. The van der Waals surface area contributed by atoms with Crippen molar-refractivity contribution in [3.8, 4) is 5.69 Å². The molecule has 0 bridgehead atoms. The van der Waals surface area contributed by atoms with Crippen LogP contribution in [0.25, 0.3) is 27.5 Å². The van der Waals surface area contributed by atoms with Gasteiger partial charge in [-0.3, -0.25) is 0 Å². The smallest absolute Gasteiger partial charge is 0.171 e. The van der Waals surface area contributed by atoms with E-state index >= 15 is 0 Å². The average molecular weight is 458 g/mol. The van der Waals surface area contributed by atoms with Crippen molar-refractivity contribution < 1.29 is 4.57 Å². The summed E-state index contributed by atoms with van der Waals surface area (Å²) in [5, 5.41) is 4.82. The molecular formula is C31H24NOP. The summed E-state index contributed by atoms with van der Waals surface area (Å²) >= 11 is 0. The first-order valence-electron chi connectivity index (χ1n) is 11.5. The maximum Gasteiger partial charge on any atom is 0.171 e. The van der Waals surface area contributed by atoms with Crippen LogP contribution in [0.15, 0.2) is 127 Å².